The van der Waals surface area contributed by atoms with Gasteiger partial charge in [0.15, 0.2) is 5.89 Å². The van der Waals surface area contributed by atoms with E-state index in [1.54, 1.807) is 12.3 Å². The van der Waals surface area contributed by atoms with E-state index in [9.17, 15) is 0 Å². The molecular formula is C22H27N5O2. The number of nitrogens with zero attached hydrogens (tertiary/aromatic N) is 3. The molecule has 0 aliphatic carbocycles. The minimum Gasteiger partial charge on any atom is -0.491 e. The molecule has 0 spiro atoms. The summed E-state index contributed by atoms with van der Waals surface area (Å²) in [4.78, 5) is 11.1. The summed E-state index contributed by atoms with van der Waals surface area (Å²) >= 11 is 0. The van der Waals surface area contributed by atoms with Gasteiger partial charge in [-0.25, -0.2) is 9.97 Å². The van der Waals surface area contributed by atoms with Gasteiger partial charge in [-0.2, -0.15) is 0 Å². The molecule has 3 N–H and O–H groups in total. The van der Waals surface area contributed by atoms with Gasteiger partial charge < -0.3 is 19.8 Å². The van der Waals surface area contributed by atoms with E-state index in [-0.39, 0.29) is 7.53 Å². The summed E-state index contributed by atoms with van der Waals surface area (Å²) in [6.45, 7) is 7.25. The summed E-state index contributed by atoms with van der Waals surface area (Å²) in [7, 11) is 0. The number of pyridine rings is 1. The normalized spacial score (nSPS) is 13.4. The summed E-state index contributed by atoms with van der Waals surface area (Å²) in [6, 6.07) is 9.19. The van der Waals surface area contributed by atoms with Crippen molar-refractivity contribution in [2.24, 2.45) is 0 Å². The number of hydrogen-bond donors (Lipinski definition) is 2. The van der Waals surface area contributed by atoms with Crippen LogP contribution >= 0.6 is 0 Å². The van der Waals surface area contributed by atoms with Crippen LogP contribution in [-0.4, -0.2) is 28.3 Å². The number of anilines is 2. The number of nitrogen functional groups attached to an aromatic ring is 1. The van der Waals surface area contributed by atoms with Gasteiger partial charge in [0, 0.05) is 44.3 Å². The molecule has 7 nitrogen and oxygen atoms in total. The minimum absolute atomic E-state index is 0. The molecule has 0 fully saturated rings. The monoisotopic (exact) mass is 393 g/mol. The van der Waals surface area contributed by atoms with E-state index >= 15 is 0 Å². The Labute approximate surface area is 171 Å². The van der Waals surface area contributed by atoms with Gasteiger partial charge >= 0.3 is 0 Å². The molecular weight excluding hydrogens is 366 g/mol. The predicted octanol–water partition coefficient (Wildman–Crippen LogP) is 3.97. The molecule has 3 aromatic rings. The van der Waals surface area contributed by atoms with Crippen molar-refractivity contribution in [2.75, 3.05) is 17.2 Å². The smallest absolute Gasteiger partial charge is 0.191 e. The Morgan fingerprint density at radius 3 is 2.93 bits per heavy atom. The fourth-order valence-electron chi connectivity index (χ4n) is 3.52. The van der Waals surface area contributed by atoms with Gasteiger partial charge in [0.1, 0.15) is 23.0 Å². The summed E-state index contributed by atoms with van der Waals surface area (Å²) in [5.74, 6) is 3.16. The molecule has 1 aromatic carbocycles. The molecule has 7 heteroatoms. The Morgan fingerprint density at radius 1 is 1.31 bits per heavy atom. The zero-order valence-electron chi connectivity index (χ0n) is 16.9. The van der Waals surface area contributed by atoms with E-state index < -0.39 is 0 Å². The average molecular weight is 393 g/mol. The quantitative estimate of drug-likeness (QED) is 0.502. The van der Waals surface area contributed by atoms with Crippen molar-refractivity contribution in [3.8, 4) is 5.75 Å². The average Bonchev–Trinajstić information content (AvgIpc) is 3.08. The van der Waals surface area contributed by atoms with Gasteiger partial charge in [0.05, 0.1) is 18.4 Å². The molecule has 0 unspecified atom stereocenters. The minimum atomic E-state index is 0. The van der Waals surface area contributed by atoms with Crippen LogP contribution in [0.3, 0.4) is 0 Å². The number of hydrogen-bond acceptors (Lipinski definition) is 7. The third kappa shape index (κ3) is 3.94. The highest BCUT2D eigenvalue weighted by atomic mass is 16.5. The predicted molar refractivity (Wildman–Crippen MR) is 115 cm³/mol. The molecule has 29 heavy (non-hydrogen) atoms. The number of aromatic nitrogens is 2. The highest BCUT2D eigenvalue weighted by Crippen LogP contribution is 2.27. The lowest BCUT2D eigenvalue weighted by Crippen LogP contribution is -2.30. The fourth-order valence-corrected chi connectivity index (χ4v) is 3.52. The number of rotatable bonds is 5. The summed E-state index contributed by atoms with van der Waals surface area (Å²) in [6.07, 6.45) is 2.58. The maximum absolute atomic E-state index is 8.71. The van der Waals surface area contributed by atoms with Gasteiger partial charge in [-0.15, -0.1) is 0 Å². The number of benzene rings is 1. The van der Waals surface area contributed by atoms with Gasteiger partial charge in [-0.3, -0.25) is 5.41 Å². The van der Waals surface area contributed by atoms with Crippen LogP contribution in [0.2, 0.25) is 0 Å². The third-order valence-corrected chi connectivity index (χ3v) is 4.86. The van der Waals surface area contributed by atoms with Crippen LogP contribution in [0.5, 0.6) is 5.75 Å². The zero-order valence-corrected chi connectivity index (χ0v) is 16.9. The highest BCUT2D eigenvalue weighted by molar-refractivity contribution is 6.14. The topological polar surface area (TPSA) is 101 Å². The lowest BCUT2D eigenvalue weighted by molar-refractivity contribution is 0.242. The Hall–Kier alpha value is -3.35. The standard InChI is InChI=1S/C22H25N5O2.H2/c1-13(2)28-16-4-5-18(23)17(11-16)22(24)15-6-8-25-21(10-15)27-9-7-20-19(12-27)26-14(3)29-20;/h4-6,8,10-11,13,24H,7,9,12,23H2,1-3H3;1H. The maximum Gasteiger partial charge on any atom is 0.191 e. The molecule has 2 aromatic heterocycles. The van der Waals surface area contributed by atoms with Crippen molar-refractivity contribution in [3.63, 3.8) is 0 Å². The van der Waals surface area contributed by atoms with E-state index in [0.717, 1.165) is 35.8 Å². The van der Waals surface area contributed by atoms with Crippen LogP contribution in [0.1, 0.15) is 43.7 Å². The molecule has 0 saturated carbocycles. The fraction of sp³-hybridized carbons (Fsp3) is 0.318. The van der Waals surface area contributed by atoms with Crippen molar-refractivity contribution in [1.82, 2.24) is 9.97 Å². The number of oxazole rings is 1. The van der Waals surface area contributed by atoms with Crippen LogP contribution in [0, 0.1) is 12.3 Å². The van der Waals surface area contributed by atoms with Gasteiger partial charge in [0.2, 0.25) is 0 Å². The molecule has 152 valence electrons. The summed E-state index contributed by atoms with van der Waals surface area (Å²) in [5.41, 5.74) is 9.40. The van der Waals surface area contributed by atoms with Crippen molar-refractivity contribution in [2.45, 2.75) is 39.8 Å². The van der Waals surface area contributed by atoms with Gasteiger partial charge in [-0.1, -0.05) is 0 Å². The van der Waals surface area contributed by atoms with E-state index in [4.69, 9.17) is 20.3 Å². The molecule has 0 amide bonds. The van der Waals surface area contributed by atoms with Gasteiger partial charge in [0.25, 0.3) is 0 Å². The first-order chi connectivity index (χ1) is 13.9. The molecule has 4 rings (SSSR count). The Bertz CT molecular complexity index is 1060. The Balaban J connectivity index is 0.00000256. The second kappa shape index (κ2) is 7.58. The second-order valence-electron chi connectivity index (χ2n) is 7.47. The summed E-state index contributed by atoms with van der Waals surface area (Å²) in [5, 5.41) is 8.71. The van der Waals surface area contributed by atoms with E-state index in [1.807, 2.05) is 45.0 Å². The van der Waals surface area contributed by atoms with Crippen molar-refractivity contribution in [1.29, 1.82) is 5.41 Å². The Kier molecular flexibility index (Phi) is 4.96. The molecule has 3 heterocycles. The van der Waals surface area contributed by atoms with Crippen molar-refractivity contribution in [3.05, 3.63) is 65.0 Å². The van der Waals surface area contributed by atoms with Crippen LogP contribution in [0.4, 0.5) is 11.5 Å². The lowest BCUT2D eigenvalue weighted by atomic mass is 10.0. The molecule has 1 aliphatic rings. The second-order valence-corrected chi connectivity index (χ2v) is 7.47. The summed E-state index contributed by atoms with van der Waals surface area (Å²) < 4.78 is 11.4. The molecule has 0 radical (unpaired) electrons. The largest absolute Gasteiger partial charge is 0.491 e. The van der Waals surface area contributed by atoms with Gasteiger partial charge in [-0.05, 0) is 44.2 Å². The zero-order chi connectivity index (χ0) is 20.5. The maximum atomic E-state index is 8.71. The number of ether oxygens (including phenoxy) is 1. The first kappa shape index (κ1) is 19.0. The molecule has 0 bridgehead atoms. The molecule has 1 aliphatic heterocycles. The van der Waals surface area contributed by atoms with Crippen LogP contribution in [0.15, 0.2) is 40.9 Å². The number of nitrogens with one attached hydrogen (secondary N) is 1. The van der Waals surface area contributed by atoms with E-state index in [1.165, 1.54) is 0 Å². The highest BCUT2D eigenvalue weighted by Gasteiger charge is 2.23. The third-order valence-electron chi connectivity index (χ3n) is 4.86. The van der Waals surface area contributed by atoms with E-state index in [2.05, 4.69) is 14.9 Å². The molecule has 0 saturated heterocycles. The number of aryl methyl sites for hydroxylation is 1. The van der Waals surface area contributed by atoms with Crippen LogP contribution < -0.4 is 15.4 Å². The Morgan fingerprint density at radius 2 is 2.14 bits per heavy atom. The lowest BCUT2D eigenvalue weighted by Gasteiger charge is -2.26. The van der Waals surface area contributed by atoms with E-state index in [0.29, 0.717) is 35.1 Å². The first-order valence-corrected chi connectivity index (χ1v) is 9.72. The molecule has 0 atom stereocenters. The number of fused-ring (bicyclic) bond motifs is 1. The van der Waals surface area contributed by atoms with Crippen molar-refractivity contribution >= 4 is 17.2 Å². The van der Waals surface area contributed by atoms with Crippen LogP contribution in [-0.2, 0) is 13.0 Å². The van der Waals surface area contributed by atoms with Crippen molar-refractivity contribution < 1.29 is 10.6 Å². The first-order valence-electron chi connectivity index (χ1n) is 9.72. The number of nitrogens with two attached hydrogens (primary N) is 1. The SMILES string of the molecule is Cc1nc2c(o1)CCN(c1cc(C(=N)c3cc(OC(C)C)ccc3N)ccn1)C2.[HH]. The van der Waals surface area contributed by atoms with Crippen LogP contribution in [0.25, 0.3) is 0 Å².